The lowest BCUT2D eigenvalue weighted by atomic mass is 10.0. The summed E-state index contributed by atoms with van der Waals surface area (Å²) in [5.41, 5.74) is 0.681. The molecule has 3 N–H and O–H groups in total. The summed E-state index contributed by atoms with van der Waals surface area (Å²) in [6.45, 7) is 5.73. The quantitative estimate of drug-likeness (QED) is 0.0730. The van der Waals surface area contributed by atoms with Crippen LogP contribution in [-0.4, -0.2) is 48.6 Å². The van der Waals surface area contributed by atoms with Gasteiger partial charge >= 0.3 is 0 Å². The first-order valence-electron chi connectivity index (χ1n) is 18.8. The minimum absolute atomic E-state index is 0.0712. The Kier molecular flexibility index (Phi) is 19.1. The van der Waals surface area contributed by atoms with Crippen molar-refractivity contribution in [3.8, 4) is 5.75 Å². The van der Waals surface area contributed by atoms with Crippen molar-refractivity contribution in [1.82, 2.24) is 15.6 Å². The van der Waals surface area contributed by atoms with E-state index >= 15 is 0 Å². The number of likely N-dealkylation sites (N-methyl/N-ethyl adjacent to an activating group) is 1. The number of unbranched alkanes of at least 4 members (excludes halogenated alkanes) is 9. The Morgan fingerprint density at radius 1 is 0.833 bits per heavy atom. The summed E-state index contributed by atoms with van der Waals surface area (Å²) in [5.74, 6) is 1.46. The van der Waals surface area contributed by atoms with Gasteiger partial charge in [0.2, 0.25) is 11.8 Å². The molecule has 0 saturated heterocycles. The van der Waals surface area contributed by atoms with Crippen LogP contribution in [-0.2, 0) is 14.4 Å². The SMILES string of the molecule is CCCCCCCCCCCCNC(=O)CCCOc1ccc(NC(NC(=O)CCC2CCCC2)C(=O)N(CC)c2ccccn2)cc1. The molecule has 1 aromatic heterocycles. The molecule has 0 bridgehead atoms. The third-order valence-electron chi connectivity index (χ3n) is 9.15. The lowest BCUT2D eigenvalue weighted by Gasteiger charge is -2.27. The van der Waals surface area contributed by atoms with E-state index in [-0.39, 0.29) is 17.7 Å². The standard InChI is InChI=1S/C39H61N5O4/c1-3-5-6-7-8-9-10-11-12-16-30-41-36(45)22-18-31-48-34-26-24-33(25-27-34)42-38(43-37(46)28-23-32-19-13-14-20-32)39(47)44(4-2)35-21-15-17-29-40-35/h15,17,21,24-27,29,32,38,42H,3-14,16,18-20,22-23,28,30-31H2,1-2H3,(H,41,45)(H,43,46). The molecule has 266 valence electrons. The molecule has 1 fully saturated rings. The van der Waals surface area contributed by atoms with Crippen LogP contribution in [0.25, 0.3) is 0 Å². The molecule has 48 heavy (non-hydrogen) atoms. The predicted molar refractivity (Wildman–Crippen MR) is 195 cm³/mol. The Hall–Kier alpha value is -3.62. The number of pyridine rings is 1. The third-order valence-corrected chi connectivity index (χ3v) is 9.15. The second-order valence-electron chi connectivity index (χ2n) is 13.1. The summed E-state index contributed by atoms with van der Waals surface area (Å²) < 4.78 is 5.87. The molecule has 1 aromatic carbocycles. The van der Waals surface area contributed by atoms with Crippen LogP contribution >= 0.6 is 0 Å². The van der Waals surface area contributed by atoms with E-state index < -0.39 is 6.17 Å². The number of benzene rings is 1. The summed E-state index contributed by atoms with van der Waals surface area (Å²) >= 11 is 0. The number of rotatable bonds is 25. The molecule has 9 nitrogen and oxygen atoms in total. The summed E-state index contributed by atoms with van der Waals surface area (Å²) in [4.78, 5) is 44.8. The number of hydrogen-bond donors (Lipinski definition) is 3. The molecule has 1 saturated carbocycles. The van der Waals surface area contributed by atoms with Crippen LogP contribution in [0.2, 0.25) is 0 Å². The van der Waals surface area contributed by atoms with Crippen LogP contribution in [0.3, 0.4) is 0 Å². The highest BCUT2D eigenvalue weighted by Crippen LogP contribution is 2.28. The number of carbonyl (C=O) groups is 3. The van der Waals surface area contributed by atoms with Crippen LogP contribution in [0, 0.1) is 5.92 Å². The Morgan fingerprint density at radius 2 is 1.52 bits per heavy atom. The van der Waals surface area contributed by atoms with E-state index in [1.54, 1.807) is 23.2 Å². The minimum Gasteiger partial charge on any atom is -0.494 e. The average Bonchev–Trinajstić information content (AvgIpc) is 3.63. The van der Waals surface area contributed by atoms with Gasteiger partial charge < -0.3 is 20.7 Å². The highest BCUT2D eigenvalue weighted by molar-refractivity contribution is 5.99. The summed E-state index contributed by atoms with van der Waals surface area (Å²) in [6.07, 6.45) is 20.7. The van der Waals surface area contributed by atoms with Gasteiger partial charge in [-0.25, -0.2) is 4.98 Å². The van der Waals surface area contributed by atoms with Crippen LogP contribution in [0.15, 0.2) is 48.7 Å². The van der Waals surface area contributed by atoms with Gasteiger partial charge in [-0.05, 0) is 68.5 Å². The molecular weight excluding hydrogens is 602 g/mol. The van der Waals surface area contributed by atoms with Crippen molar-refractivity contribution in [2.45, 2.75) is 136 Å². The van der Waals surface area contributed by atoms with Crippen molar-refractivity contribution < 1.29 is 19.1 Å². The average molecular weight is 664 g/mol. The third kappa shape index (κ3) is 15.5. The van der Waals surface area contributed by atoms with Crippen LogP contribution < -0.4 is 25.6 Å². The fourth-order valence-electron chi connectivity index (χ4n) is 6.29. The Labute approximate surface area is 289 Å². The van der Waals surface area contributed by atoms with Crippen molar-refractivity contribution in [2.75, 3.05) is 29.9 Å². The highest BCUT2D eigenvalue weighted by atomic mass is 16.5. The zero-order valence-electron chi connectivity index (χ0n) is 29.7. The number of hydrogen-bond acceptors (Lipinski definition) is 6. The van der Waals surface area contributed by atoms with E-state index in [9.17, 15) is 14.4 Å². The molecule has 0 aliphatic heterocycles. The number of carbonyl (C=O) groups excluding carboxylic acids is 3. The van der Waals surface area contributed by atoms with Crippen LogP contribution in [0.4, 0.5) is 11.5 Å². The first-order valence-corrected chi connectivity index (χ1v) is 18.8. The summed E-state index contributed by atoms with van der Waals surface area (Å²) in [7, 11) is 0. The highest BCUT2D eigenvalue weighted by Gasteiger charge is 2.27. The van der Waals surface area contributed by atoms with Gasteiger partial charge in [-0.15, -0.1) is 0 Å². The van der Waals surface area contributed by atoms with Gasteiger partial charge in [0.1, 0.15) is 11.6 Å². The van der Waals surface area contributed by atoms with E-state index in [0.717, 1.165) is 19.4 Å². The topological polar surface area (TPSA) is 113 Å². The van der Waals surface area contributed by atoms with Gasteiger partial charge in [0.15, 0.2) is 6.17 Å². The number of amides is 3. The first-order chi connectivity index (χ1) is 23.5. The fourth-order valence-corrected chi connectivity index (χ4v) is 6.29. The largest absolute Gasteiger partial charge is 0.494 e. The monoisotopic (exact) mass is 663 g/mol. The number of aromatic nitrogens is 1. The Bertz CT molecular complexity index is 1170. The van der Waals surface area contributed by atoms with Gasteiger partial charge in [0, 0.05) is 37.8 Å². The second kappa shape index (κ2) is 23.7. The molecule has 3 amide bonds. The van der Waals surface area contributed by atoms with Crippen molar-refractivity contribution in [3.63, 3.8) is 0 Å². The van der Waals surface area contributed by atoms with Crippen LogP contribution in [0.5, 0.6) is 5.75 Å². The van der Waals surface area contributed by atoms with Crippen molar-refractivity contribution in [2.24, 2.45) is 5.92 Å². The van der Waals surface area contributed by atoms with Crippen molar-refractivity contribution in [3.05, 3.63) is 48.7 Å². The molecule has 3 rings (SSSR count). The molecule has 1 atom stereocenters. The Balaban J connectivity index is 1.38. The zero-order chi connectivity index (χ0) is 34.2. The fraction of sp³-hybridized carbons (Fsp3) is 0.641. The number of nitrogens with one attached hydrogen (secondary N) is 3. The van der Waals surface area contributed by atoms with Crippen LogP contribution in [0.1, 0.15) is 129 Å². The predicted octanol–water partition coefficient (Wildman–Crippen LogP) is 8.16. The van der Waals surface area contributed by atoms with E-state index in [2.05, 4.69) is 27.9 Å². The second-order valence-corrected chi connectivity index (χ2v) is 13.1. The van der Waals surface area contributed by atoms with E-state index in [1.165, 1.54) is 83.5 Å². The maximum atomic E-state index is 13.7. The van der Waals surface area contributed by atoms with Gasteiger partial charge in [0.25, 0.3) is 5.91 Å². The van der Waals surface area contributed by atoms with Crippen molar-refractivity contribution in [1.29, 1.82) is 0 Å². The molecule has 2 aromatic rings. The molecule has 0 spiro atoms. The molecule has 0 radical (unpaired) electrons. The Morgan fingerprint density at radius 3 is 2.17 bits per heavy atom. The maximum absolute atomic E-state index is 13.7. The molecular formula is C39H61N5O4. The lowest BCUT2D eigenvalue weighted by Crippen LogP contribution is -2.53. The van der Waals surface area contributed by atoms with E-state index in [1.807, 2.05) is 37.3 Å². The molecule has 1 unspecified atom stereocenters. The van der Waals surface area contributed by atoms with E-state index in [0.29, 0.717) is 55.6 Å². The number of nitrogens with zero attached hydrogens (tertiary/aromatic N) is 2. The maximum Gasteiger partial charge on any atom is 0.271 e. The normalized spacial score (nSPS) is 13.5. The smallest absolute Gasteiger partial charge is 0.271 e. The summed E-state index contributed by atoms with van der Waals surface area (Å²) in [6, 6.07) is 12.7. The lowest BCUT2D eigenvalue weighted by molar-refractivity contribution is -0.127. The molecule has 9 heteroatoms. The first kappa shape index (κ1) is 38.8. The van der Waals surface area contributed by atoms with E-state index in [4.69, 9.17) is 4.74 Å². The van der Waals surface area contributed by atoms with Gasteiger partial charge in [0.05, 0.1) is 6.61 Å². The molecule has 1 aliphatic carbocycles. The van der Waals surface area contributed by atoms with Gasteiger partial charge in [-0.1, -0.05) is 96.5 Å². The minimum atomic E-state index is -0.950. The number of anilines is 2. The zero-order valence-corrected chi connectivity index (χ0v) is 29.7. The summed E-state index contributed by atoms with van der Waals surface area (Å²) in [5, 5.41) is 9.19. The molecule has 1 aliphatic rings. The van der Waals surface area contributed by atoms with Gasteiger partial charge in [-0.2, -0.15) is 0 Å². The molecule has 1 heterocycles. The van der Waals surface area contributed by atoms with Gasteiger partial charge in [-0.3, -0.25) is 19.3 Å². The van der Waals surface area contributed by atoms with Crippen molar-refractivity contribution >= 4 is 29.2 Å². The number of ether oxygens (including phenoxy) is 1.